The molecule has 0 fully saturated rings. The van der Waals surface area contributed by atoms with E-state index in [2.05, 4.69) is 6.92 Å². The third kappa shape index (κ3) is 8.66. The Labute approximate surface area is 65.3 Å². The maximum atomic E-state index is 4.89. The summed E-state index contributed by atoms with van der Waals surface area (Å²) in [6.45, 7) is 3.07. The molecule has 0 aromatic heterocycles. The van der Waals surface area contributed by atoms with E-state index in [-0.39, 0.29) is 0 Å². The van der Waals surface area contributed by atoms with Crippen LogP contribution in [0.4, 0.5) is 0 Å². The summed E-state index contributed by atoms with van der Waals surface area (Å²) in [4.78, 5) is 0. The number of ether oxygens (including phenoxy) is 1. The normalized spacial score (nSPS) is 10.0. The fourth-order valence-corrected chi connectivity index (χ4v) is 2.37. The van der Waals surface area contributed by atoms with E-state index in [1.165, 1.54) is 12.2 Å². The zero-order chi connectivity index (χ0) is 6.95. The Morgan fingerprint density at radius 3 is 2.44 bits per heavy atom. The van der Waals surface area contributed by atoms with Gasteiger partial charge in [0, 0.05) is 18.6 Å². The average molecular weight is 166 g/mol. The van der Waals surface area contributed by atoms with Crippen LogP contribution in [0.15, 0.2) is 0 Å². The minimum Gasteiger partial charge on any atom is -0.384 e. The molecular weight excluding hydrogens is 152 g/mol. The van der Waals surface area contributed by atoms with Crippen molar-refractivity contribution in [2.45, 2.75) is 13.3 Å². The van der Waals surface area contributed by atoms with Crippen LogP contribution in [-0.2, 0) is 4.74 Å². The molecule has 9 heavy (non-hydrogen) atoms. The molecule has 0 bridgehead atoms. The van der Waals surface area contributed by atoms with E-state index < -0.39 is 0 Å². The fraction of sp³-hybridized carbons (Fsp3) is 1.00. The van der Waals surface area contributed by atoms with Crippen molar-refractivity contribution >= 4 is 21.6 Å². The number of rotatable bonds is 6. The molecule has 56 valence electrons. The molecule has 0 aliphatic rings. The molecule has 0 aliphatic carbocycles. The van der Waals surface area contributed by atoms with Gasteiger partial charge in [0.05, 0.1) is 6.61 Å². The second-order valence-electron chi connectivity index (χ2n) is 1.64. The summed E-state index contributed by atoms with van der Waals surface area (Å²) in [5.74, 6) is 2.37. The topological polar surface area (TPSA) is 9.23 Å². The molecule has 0 heterocycles. The zero-order valence-electron chi connectivity index (χ0n) is 6.05. The van der Waals surface area contributed by atoms with Gasteiger partial charge in [-0.2, -0.15) is 0 Å². The van der Waals surface area contributed by atoms with Crippen molar-refractivity contribution in [3.8, 4) is 0 Å². The van der Waals surface area contributed by atoms with Gasteiger partial charge in [-0.15, -0.1) is 0 Å². The average Bonchev–Trinajstić information content (AvgIpc) is 1.89. The van der Waals surface area contributed by atoms with E-state index >= 15 is 0 Å². The second kappa shape index (κ2) is 8.66. The van der Waals surface area contributed by atoms with Crippen molar-refractivity contribution in [2.24, 2.45) is 0 Å². The van der Waals surface area contributed by atoms with Gasteiger partial charge in [0.1, 0.15) is 0 Å². The Bertz CT molecular complexity index is 44.3. The monoisotopic (exact) mass is 166 g/mol. The van der Waals surface area contributed by atoms with E-state index in [9.17, 15) is 0 Å². The Hall–Kier alpha value is 0.660. The van der Waals surface area contributed by atoms with Gasteiger partial charge in [0.15, 0.2) is 0 Å². The van der Waals surface area contributed by atoms with Gasteiger partial charge in [-0.3, -0.25) is 0 Å². The lowest BCUT2D eigenvalue weighted by Crippen LogP contribution is -1.89. The molecule has 0 saturated carbocycles. The molecule has 0 N–H and O–H groups in total. The largest absolute Gasteiger partial charge is 0.384 e. The van der Waals surface area contributed by atoms with Crippen molar-refractivity contribution in [3.63, 3.8) is 0 Å². The molecule has 0 radical (unpaired) electrons. The Morgan fingerprint density at radius 2 is 1.89 bits per heavy atom. The molecule has 0 atom stereocenters. The van der Waals surface area contributed by atoms with E-state index in [0.717, 1.165) is 12.4 Å². The lowest BCUT2D eigenvalue weighted by Gasteiger charge is -1.96. The summed E-state index contributed by atoms with van der Waals surface area (Å²) < 4.78 is 4.89. The van der Waals surface area contributed by atoms with Crippen molar-refractivity contribution in [3.05, 3.63) is 0 Å². The molecule has 0 saturated heterocycles. The maximum absolute atomic E-state index is 4.89. The number of methoxy groups -OCH3 is 1. The highest BCUT2D eigenvalue weighted by Gasteiger charge is 1.86. The van der Waals surface area contributed by atoms with Crippen LogP contribution in [0.3, 0.4) is 0 Å². The highest BCUT2D eigenvalue weighted by molar-refractivity contribution is 8.76. The maximum Gasteiger partial charge on any atom is 0.0561 e. The van der Waals surface area contributed by atoms with Gasteiger partial charge >= 0.3 is 0 Å². The first-order valence-corrected chi connectivity index (χ1v) is 5.64. The molecule has 0 rings (SSSR count). The van der Waals surface area contributed by atoms with E-state index in [1.807, 2.05) is 21.6 Å². The van der Waals surface area contributed by atoms with Crippen LogP contribution >= 0.6 is 21.6 Å². The predicted molar refractivity (Wildman–Crippen MR) is 47.1 cm³/mol. The minimum atomic E-state index is 0.876. The third-order valence-corrected chi connectivity index (χ3v) is 3.32. The first-order valence-electron chi connectivity index (χ1n) is 3.15. The lowest BCUT2D eigenvalue weighted by molar-refractivity contribution is 0.219. The van der Waals surface area contributed by atoms with E-state index in [1.54, 1.807) is 7.11 Å². The van der Waals surface area contributed by atoms with Crippen molar-refractivity contribution in [1.82, 2.24) is 0 Å². The van der Waals surface area contributed by atoms with Gasteiger partial charge in [-0.05, 0) is 6.42 Å². The molecule has 0 aromatic carbocycles. The highest BCUT2D eigenvalue weighted by atomic mass is 33.1. The van der Waals surface area contributed by atoms with Crippen molar-refractivity contribution < 1.29 is 4.74 Å². The van der Waals surface area contributed by atoms with Crippen LogP contribution in [0.25, 0.3) is 0 Å². The molecule has 1 nitrogen and oxygen atoms in total. The lowest BCUT2D eigenvalue weighted by atomic mass is 10.6. The summed E-state index contributed by atoms with van der Waals surface area (Å²) in [5.41, 5.74) is 0. The van der Waals surface area contributed by atoms with Crippen molar-refractivity contribution in [1.29, 1.82) is 0 Å². The first kappa shape index (κ1) is 9.66. The van der Waals surface area contributed by atoms with Crippen LogP contribution in [-0.4, -0.2) is 25.2 Å². The van der Waals surface area contributed by atoms with Crippen LogP contribution in [0.2, 0.25) is 0 Å². The minimum absolute atomic E-state index is 0.876. The van der Waals surface area contributed by atoms with Crippen LogP contribution in [0, 0.1) is 0 Å². The predicted octanol–water partition coefficient (Wildman–Crippen LogP) is 2.42. The summed E-state index contributed by atoms with van der Waals surface area (Å²) in [7, 11) is 5.57. The van der Waals surface area contributed by atoms with Gasteiger partial charge < -0.3 is 4.74 Å². The summed E-state index contributed by atoms with van der Waals surface area (Å²) in [5, 5.41) is 0. The van der Waals surface area contributed by atoms with Crippen LogP contribution in [0.5, 0.6) is 0 Å². The van der Waals surface area contributed by atoms with Crippen LogP contribution in [0.1, 0.15) is 13.3 Å². The van der Waals surface area contributed by atoms with Gasteiger partial charge in [-0.1, -0.05) is 28.5 Å². The standard InChI is InChI=1S/C6H14OS2/c1-3-5-8-9-6-4-7-2/h3-6H2,1-2H3. The Kier molecular flexibility index (Phi) is 9.30. The highest BCUT2D eigenvalue weighted by Crippen LogP contribution is 2.20. The molecule has 0 amide bonds. The molecule has 0 aliphatic heterocycles. The fourth-order valence-electron chi connectivity index (χ4n) is 0.319. The zero-order valence-corrected chi connectivity index (χ0v) is 7.69. The molecular formula is C6H14OS2. The van der Waals surface area contributed by atoms with E-state index in [4.69, 9.17) is 4.74 Å². The van der Waals surface area contributed by atoms with Gasteiger partial charge in [0.25, 0.3) is 0 Å². The second-order valence-corrected chi connectivity index (χ2v) is 4.34. The summed E-state index contributed by atoms with van der Waals surface area (Å²) in [6.07, 6.45) is 1.27. The Morgan fingerprint density at radius 1 is 1.22 bits per heavy atom. The molecule has 0 unspecified atom stereocenters. The first-order chi connectivity index (χ1) is 4.41. The number of hydrogen-bond acceptors (Lipinski definition) is 3. The van der Waals surface area contributed by atoms with Gasteiger partial charge in [-0.25, -0.2) is 0 Å². The quantitative estimate of drug-likeness (QED) is 0.443. The van der Waals surface area contributed by atoms with E-state index in [0.29, 0.717) is 0 Å². The van der Waals surface area contributed by atoms with Crippen molar-refractivity contribution in [2.75, 3.05) is 25.2 Å². The SMILES string of the molecule is CCCSSCCOC. The third-order valence-electron chi connectivity index (χ3n) is 0.742. The summed E-state index contributed by atoms with van der Waals surface area (Å²) in [6, 6.07) is 0. The Balaban J connectivity index is 2.60. The molecule has 0 aromatic rings. The molecule has 3 heteroatoms. The van der Waals surface area contributed by atoms with Gasteiger partial charge in [0.2, 0.25) is 0 Å². The van der Waals surface area contributed by atoms with Crippen LogP contribution < -0.4 is 0 Å². The number of hydrogen-bond donors (Lipinski definition) is 0. The smallest absolute Gasteiger partial charge is 0.0561 e. The summed E-state index contributed by atoms with van der Waals surface area (Å²) >= 11 is 0. The molecule has 0 spiro atoms.